The van der Waals surface area contributed by atoms with Gasteiger partial charge in [0.05, 0.1) is 10.5 Å². The minimum atomic E-state index is 0.722. The topological polar surface area (TPSA) is 29.0 Å². The van der Waals surface area contributed by atoms with Crippen LogP contribution in [0.3, 0.4) is 0 Å². The summed E-state index contributed by atoms with van der Waals surface area (Å²) in [7, 11) is 0. The molecular weight excluding hydrogens is 349 g/mol. The quantitative estimate of drug-likeness (QED) is 0.575. The zero-order valence-electron chi connectivity index (χ0n) is 12.4. The molecule has 0 saturated heterocycles. The number of anilines is 2. The minimum Gasteiger partial charge on any atom is -0.325 e. The summed E-state index contributed by atoms with van der Waals surface area (Å²) in [6.45, 7) is 0.888. The Morgan fingerprint density at radius 3 is 2.83 bits per heavy atom. The Bertz CT molecular complexity index is 914. The number of hydrogen-bond acceptors (Lipinski definition) is 4. The predicted octanol–water partition coefficient (Wildman–Crippen LogP) is 5.35. The van der Waals surface area contributed by atoms with Crippen molar-refractivity contribution in [1.29, 1.82) is 0 Å². The molecular formula is C17H13Cl2N3S. The Labute approximate surface area is 148 Å². The first kappa shape index (κ1) is 15.1. The Morgan fingerprint density at radius 1 is 1.13 bits per heavy atom. The molecule has 0 amide bonds. The summed E-state index contributed by atoms with van der Waals surface area (Å²) >= 11 is 14.1. The van der Waals surface area contributed by atoms with Crippen LogP contribution in [0.4, 0.5) is 11.5 Å². The lowest BCUT2D eigenvalue weighted by Gasteiger charge is -2.20. The van der Waals surface area contributed by atoms with Gasteiger partial charge in [0, 0.05) is 27.5 Å². The van der Waals surface area contributed by atoms with Gasteiger partial charge in [0.2, 0.25) is 0 Å². The Morgan fingerprint density at radius 2 is 2.00 bits per heavy atom. The van der Waals surface area contributed by atoms with E-state index in [0.717, 1.165) is 50.3 Å². The van der Waals surface area contributed by atoms with Crippen LogP contribution < -0.4 is 4.90 Å². The number of aromatic nitrogens is 2. The van der Waals surface area contributed by atoms with E-state index in [9.17, 15) is 0 Å². The Hall–Kier alpha value is -1.49. The largest absolute Gasteiger partial charge is 0.325 e. The molecule has 2 heterocycles. The lowest BCUT2D eigenvalue weighted by Crippen LogP contribution is -2.15. The van der Waals surface area contributed by atoms with Gasteiger partial charge in [0.25, 0.3) is 0 Å². The van der Waals surface area contributed by atoms with Gasteiger partial charge in [-0.3, -0.25) is 0 Å². The molecule has 0 fully saturated rings. The second kappa shape index (κ2) is 5.86. The molecule has 0 saturated carbocycles. The number of halogens is 2. The molecule has 1 aliphatic heterocycles. The SMILES string of the molecule is CSc1cc2c(N3CCc4ccc(Cl)cc43)ncnc2cc1Cl. The highest BCUT2D eigenvalue weighted by Gasteiger charge is 2.23. The third kappa shape index (κ3) is 2.55. The molecule has 0 bridgehead atoms. The van der Waals surface area contributed by atoms with Crippen LogP contribution in [-0.2, 0) is 6.42 Å². The van der Waals surface area contributed by atoms with Crippen molar-refractivity contribution in [2.75, 3.05) is 17.7 Å². The molecule has 3 aromatic rings. The monoisotopic (exact) mass is 361 g/mol. The van der Waals surface area contributed by atoms with Crippen molar-refractivity contribution in [1.82, 2.24) is 9.97 Å². The summed E-state index contributed by atoms with van der Waals surface area (Å²) in [6, 6.07) is 10.0. The number of benzene rings is 2. The fraction of sp³-hybridized carbons (Fsp3) is 0.176. The van der Waals surface area contributed by atoms with Gasteiger partial charge in [-0.05, 0) is 42.5 Å². The molecule has 0 spiro atoms. The average Bonchev–Trinajstić information content (AvgIpc) is 2.96. The fourth-order valence-corrected chi connectivity index (χ4v) is 4.03. The summed E-state index contributed by atoms with van der Waals surface area (Å²) in [6.07, 6.45) is 4.59. The van der Waals surface area contributed by atoms with E-state index in [1.54, 1.807) is 18.1 Å². The normalized spacial score (nSPS) is 13.6. The first-order chi connectivity index (χ1) is 11.2. The van der Waals surface area contributed by atoms with E-state index in [2.05, 4.69) is 27.0 Å². The summed E-state index contributed by atoms with van der Waals surface area (Å²) in [5, 5.41) is 2.47. The molecule has 6 heteroatoms. The van der Waals surface area contributed by atoms with Gasteiger partial charge in [-0.15, -0.1) is 11.8 Å². The maximum absolute atomic E-state index is 6.30. The van der Waals surface area contributed by atoms with Gasteiger partial charge in [0.1, 0.15) is 12.1 Å². The van der Waals surface area contributed by atoms with Crippen molar-refractivity contribution in [2.45, 2.75) is 11.3 Å². The van der Waals surface area contributed by atoms with E-state index in [0.29, 0.717) is 0 Å². The minimum absolute atomic E-state index is 0.722. The van der Waals surface area contributed by atoms with Crippen LogP contribution in [-0.4, -0.2) is 22.8 Å². The van der Waals surface area contributed by atoms with Crippen molar-refractivity contribution >= 4 is 57.4 Å². The van der Waals surface area contributed by atoms with Gasteiger partial charge in [0.15, 0.2) is 0 Å². The third-order valence-electron chi connectivity index (χ3n) is 4.09. The number of nitrogens with zero attached hydrogens (tertiary/aromatic N) is 3. The number of hydrogen-bond donors (Lipinski definition) is 0. The van der Waals surface area contributed by atoms with Crippen LogP contribution in [0.1, 0.15) is 5.56 Å². The number of rotatable bonds is 2. The smallest absolute Gasteiger partial charge is 0.144 e. The second-order valence-corrected chi connectivity index (χ2v) is 7.07. The highest BCUT2D eigenvalue weighted by atomic mass is 35.5. The van der Waals surface area contributed by atoms with Crippen molar-refractivity contribution < 1.29 is 0 Å². The lowest BCUT2D eigenvalue weighted by atomic mass is 10.2. The molecule has 1 aliphatic rings. The van der Waals surface area contributed by atoms with Crippen molar-refractivity contribution in [3.05, 3.63) is 52.3 Å². The van der Waals surface area contributed by atoms with Gasteiger partial charge < -0.3 is 4.90 Å². The van der Waals surface area contributed by atoms with Crippen LogP contribution in [0.15, 0.2) is 41.6 Å². The van der Waals surface area contributed by atoms with E-state index in [1.807, 2.05) is 24.5 Å². The first-order valence-electron chi connectivity index (χ1n) is 7.21. The molecule has 116 valence electrons. The molecule has 0 atom stereocenters. The van der Waals surface area contributed by atoms with Crippen LogP contribution in [0.25, 0.3) is 10.9 Å². The highest BCUT2D eigenvalue weighted by Crippen LogP contribution is 2.39. The average molecular weight is 362 g/mol. The van der Waals surface area contributed by atoms with Crippen molar-refractivity contribution in [3.8, 4) is 0 Å². The summed E-state index contributed by atoms with van der Waals surface area (Å²) in [5.41, 5.74) is 3.27. The number of fused-ring (bicyclic) bond motifs is 2. The zero-order chi connectivity index (χ0) is 16.0. The predicted molar refractivity (Wildman–Crippen MR) is 98.5 cm³/mol. The van der Waals surface area contributed by atoms with Crippen LogP contribution in [0.2, 0.25) is 10.0 Å². The zero-order valence-corrected chi connectivity index (χ0v) is 14.7. The van der Waals surface area contributed by atoms with E-state index in [-0.39, 0.29) is 0 Å². The first-order valence-corrected chi connectivity index (χ1v) is 9.19. The molecule has 0 N–H and O–H groups in total. The van der Waals surface area contributed by atoms with E-state index < -0.39 is 0 Å². The standard InChI is InChI=1S/C17H13Cl2N3S/c1-23-16-7-12-14(8-13(16)19)20-9-21-17(12)22-5-4-10-2-3-11(18)6-15(10)22/h2-3,6-9H,4-5H2,1H3. The second-order valence-electron chi connectivity index (χ2n) is 5.38. The Kier molecular flexibility index (Phi) is 3.84. The highest BCUT2D eigenvalue weighted by molar-refractivity contribution is 7.98. The maximum atomic E-state index is 6.30. The van der Waals surface area contributed by atoms with Crippen LogP contribution in [0, 0.1) is 0 Å². The summed E-state index contributed by atoms with van der Waals surface area (Å²) in [5.74, 6) is 0.906. The molecule has 0 aliphatic carbocycles. The summed E-state index contributed by atoms with van der Waals surface area (Å²) in [4.78, 5) is 12.1. The summed E-state index contributed by atoms with van der Waals surface area (Å²) < 4.78 is 0. The molecule has 23 heavy (non-hydrogen) atoms. The third-order valence-corrected chi connectivity index (χ3v) is 5.52. The number of thioether (sulfide) groups is 1. The molecule has 0 radical (unpaired) electrons. The van der Waals surface area contributed by atoms with Gasteiger partial charge in [-0.2, -0.15) is 0 Å². The van der Waals surface area contributed by atoms with E-state index in [4.69, 9.17) is 23.2 Å². The van der Waals surface area contributed by atoms with Gasteiger partial charge in [-0.25, -0.2) is 9.97 Å². The van der Waals surface area contributed by atoms with Crippen molar-refractivity contribution in [2.24, 2.45) is 0 Å². The van der Waals surface area contributed by atoms with Gasteiger partial charge >= 0.3 is 0 Å². The van der Waals surface area contributed by atoms with Gasteiger partial charge in [-0.1, -0.05) is 29.3 Å². The van der Waals surface area contributed by atoms with Crippen molar-refractivity contribution in [3.63, 3.8) is 0 Å². The maximum Gasteiger partial charge on any atom is 0.144 e. The molecule has 1 aromatic heterocycles. The molecule has 3 nitrogen and oxygen atoms in total. The molecule has 4 rings (SSSR count). The fourth-order valence-electron chi connectivity index (χ4n) is 2.99. The van der Waals surface area contributed by atoms with E-state index in [1.165, 1.54) is 5.56 Å². The molecule has 2 aromatic carbocycles. The van der Waals surface area contributed by atoms with E-state index >= 15 is 0 Å². The van der Waals surface area contributed by atoms with Crippen LogP contribution >= 0.6 is 35.0 Å². The lowest BCUT2D eigenvalue weighted by molar-refractivity contribution is 0.974. The van der Waals surface area contributed by atoms with Crippen LogP contribution in [0.5, 0.6) is 0 Å². The Balaban J connectivity index is 1.92. The molecule has 0 unspecified atom stereocenters.